The van der Waals surface area contributed by atoms with Gasteiger partial charge in [-0.25, -0.2) is 4.98 Å². The fourth-order valence-electron chi connectivity index (χ4n) is 1.35. The molecule has 1 heterocycles. The minimum atomic E-state index is -1.03. The first-order valence-corrected chi connectivity index (χ1v) is 4.80. The highest BCUT2D eigenvalue weighted by Gasteiger charge is 2.28. The van der Waals surface area contributed by atoms with Crippen LogP contribution in [0.1, 0.15) is 25.5 Å². The molecule has 0 fully saturated rings. The standard InChI is InChI=1S/C11H16N2O2/c1-4-5-6-11(2,14)9-10(15-3)13-8-7-12-9/h4,7-8,14H,1,5-6H2,2-3H3. The maximum absolute atomic E-state index is 10.2. The Kier molecular flexibility index (Phi) is 3.80. The average molecular weight is 208 g/mol. The molecule has 0 bridgehead atoms. The Bertz CT molecular complexity index is 337. The van der Waals surface area contributed by atoms with E-state index in [0.29, 0.717) is 24.4 Å². The van der Waals surface area contributed by atoms with Crippen molar-refractivity contribution in [3.8, 4) is 5.88 Å². The predicted molar refractivity (Wildman–Crippen MR) is 57.6 cm³/mol. The molecule has 0 amide bonds. The largest absolute Gasteiger partial charge is 0.480 e. The zero-order chi connectivity index (χ0) is 11.3. The summed E-state index contributed by atoms with van der Waals surface area (Å²) >= 11 is 0. The van der Waals surface area contributed by atoms with Gasteiger partial charge in [-0.1, -0.05) is 6.08 Å². The number of aromatic nitrogens is 2. The van der Waals surface area contributed by atoms with Gasteiger partial charge in [0.2, 0.25) is 5.88 Å². The molecule has 1 unspecified atom stereocenters. The normalized spacial score (nSPS) is 14.3. The highest BCUT2D eigenvalue weighted by atomic mass is 16.5. The predicted octanol–water partition coefficient (Wildman–Crippen LogP) is 1.66. The maximum atomic E-state index is 10.2. The SMILES string of the molecule is C=CCCC(C)(O)c1nccnc1OC. The highest BCUT2D eigenvalue weighted by Crippen LogP contribution is 2.29. The van der Waals surface area contributed by atoms with Crippen molar-refractivity contribution in [2.45, 2.75) is 25.4 Å². The van der Waals surface area contributed by atoms with Gasteiger partial charge in [0.15, 0.2) is 0 Å². The number of hydrogen-bond acceptors (Lipinski definition) is 4. The van der Waals surface area contributed by atoms with Crippen LogP contribution in [0.4, 0.5) is 0 Å². The van der Waals surface area contributed by atoms with Crippen molar-refractivity contribution in [3.63, 3.8) is 0 Å². The van der Waals surface area contributed by atoms with Crippen LogP contribution in [0.3, 0.4) is 0 Å². The maximum Gasteiger partial charge on any atom is 0.238 e. The smallest absolute Gasteiger partial charge is 0.238 e. The molecule has 0 aliphatic rings. The second kappa shape index (κ2) is 4.89. The number of allylic oxidation sites excluding steroid dienone is 1. The van der Waals surface area contributed by atoms with Crippen LogP contribution in [-0.4, -0.2) is 22.2 Å². The lowest BCUT2D eigenvalue weighted by Gasteiger charge is -2.22. The Hall–Kier alpha value is -1.42. The number of nitrogens with zero attached hydrogens (tertiary/aromatic N) is 2. The molecule has 4 nitrogen and oxygen atoms in total. The molecule has 1 N–H and O–H groups in total. The molecule has 0 saturated carbocycles. The van der Waals surface area contributed by atoms with E-state index in [1.807, 2.05) is 0 Å². The molecule has 0 aliphatic carbocycles. The van der Waals surface area contributed by atoms with E-state index in [2.05, 4.69) is 16.5 Å². The van der Waals surface area contributed by atoms with Crippen molar-refractivity contribution in [2.75, 3.05) is 7.11 Å². The van der Waals surface area contributed by atoms with E-state index >= 15 is 0 Å². The quantitative estimate of drug-likeness (QED) is 0.748. The lowest BCUT2D eigenvalue weighted by atomic mass is 9.96. The zero-order valence-electron chi connectivity index (χ0n) is 9.10. The number of methoxy groups -OCH3 is 1. The summed E-state index contributed by atoms with van der Waals surface area (Å²) in [5, 5.41) is 10.2. The Morgan fingerprint density at radius 1 is 1.53 bits per heavy atom. The summed E-state index contributed by atoms with van der Waals surface area (Å²) < 4.78 is 5.05. The molecule has 0 aromatic carbocycles. The summed E-state index contributed by atoms with van der Waals surface area (Å²) in [5.74, 6) is 0.367. The Morgan fingerprint density at radius 2 is 2.20 bits per heavy atom. The van der Waals surface area contributed by atoms with Crippen LogP contribution < -0.4 is 4.74 Å². The molecule has 0 radical (unpaired) electrons. The van der Waals surface area contributed by atoms with E-state index in [9.17, 15) is 5.11 Å². The summed E-state index contributed by atoms with van der Waals surface area (Å²) in [5.41, 5.74) is -0.567. The Morgan fingerprint density at radius 3 is 2.80 bits per heavy atom. The van der Waals surface area contributed by atoms with Gasteiger partial charge in [0.25, 0.3) is 0 Å². The first kappa shape index (κ1) is 11.7. The van der Waals surface area contributed by atoms with Gasteiger partial charge >= 0.3 is 0 Å². The summed E-state index contributed by atoms with van der Waals surface area (Å²) in [6.45, 7) is 5.32. The molecule has 1 aromatic heterocycles. The van der Waals surface area contributed by atoms with Crippen molar-refractivity contribution in [2.24, 2.45) is 0 Å². The van der Waals surface area contributed by atoms with Crippen LogP contribution in [0.15, 0.2) is 25.0 Å². The van der Waals surface area contributed by atoms with E-state index in [-0.39, 0.29) is 0 Å². The lowest BCUT2D eigenvalue weighted by molar-refractivity contribution is 0.0408. The van der Waals surface area contributed by atoms with Crippen LogP contribution in [-0.2, 0) is 5.60 Å². The van der Waals surface area contributed by atoms with Crippen LogP contribution in [0.2, 0.25) is 0 Å². The molecule has 1 aromatic rings. The van der Waals surface area contributed by atoms with Crippen LogP contribution in [0, 0.1) is 0 Å². The minimum absolute atomic E-state index is 0.367. The molecule has 1 rings (SSSR count). The van der Waals surface area contributed by atoms with E-state index in [1.165, 1.54) is 13.3 Å². The van der Waals surface area contributed by atoms with Crippen molar-refractivity contribution in [3.05, 3.63) is 30.7 Å². The van der Waals surface area contributed by atoms with Crippen molar-refractivity contribution < 1.29 is 9.84 Å². The second-order valence-corrected chi connectivity index (χ2v) is 3.52. The minimum Gasteiger partial charge on any atom is -0.480 e. The zero-order valence-corrected chi connectivity index (χ0v) is 9.10. The lowest BCUT2D eigenvalue weighted by Crippen LogP contribution is -2.23. The molecule has 4 heteroatoms. The summed E-state index contributed by atoms with van der Waals surface area (Å²) in [7, 11) is 1.51. The fourth-order valence-corrected chi connectivity index (χ4v) is 1.35. The van der Waals surface area contributed by atoms with E-state index in [4.69, 9.17) is 4.74 Å². The molecular weight excluding hydrogens is 192 g/mol. The number of aliphatic hydroxyl groups is 1. The molecule has 0 aliphatic heterocycles. The third kappa shape index (κ3) is 2.76. The number of rotatable bonds is 5. The molecule has 1 atom stereocenters. The Balaban J connectivity index is 2.96. The molecule has 0 saturated heterocycles. The molecule has 0 spiro atoms. The molecule has 15 heavy (non-hydrogen) atoms. The van der Waals surface area contributed by atoms with E-state index in [0.717, 1.165) is 0 Å². The van der Waals surface area contributed by atoms with Crippen molar-refractivity contribution in [1.82, 2.24) is 9.97 Å². The van der Waals surface area contributed by atoms with Crippen molar-refractivity contribution in [1.29, 1.82) is 0 Å². The number of ether oxygens (including phenoxy) is 1. The Labute approximate surface area is 89.6 Å². The molecule has 82 valence electrons. The van der Waals surface area contributed by atoms with Gasteiger partial charge < -0.3 is 9.84 Å². The van der Waals surface area contributed by atoms with E-state index in [1.54, 1.807) is 19.2 Å². The number of hydrogen-bond donors (Lipinski definition) is 1. The van der Waals surface area contributed by atoms with Crippen LogP contribution >= 0.6 is 0 Å². The van der Waals surface area contributed by atoms with E-state index < -0.39 is 5.60 Å². The van der Waals surface area contributed by atoms with Gasteiger partial charge in [0.1, 0.15) is 11.3 Å². The first-order valence-electron chi connectivity index (χ1n) is 4.80. The first-order chi connectivity index (χ1) is 7.11. The fraction of sp³-hybridized carbons (Fsp3) is 0.455. The highest BCUT2D eigenvalue weighted by molar-refractivity contribution is 5.23. The third-order valence-corrected chi connectivity index (χ3v) is 2.20. The average Bonchev–Trinajstić information content (AvgIpc) is 2.26. The monoisotopic (exact) mass is 208 g/mol. The van der Waals surface area contributed by atoms with Gasteiger partial charge in [0, 0.05) is 12.4 Å². The summed E-state index contributed by atoms with van der Waals surface area (Å²) in [4.78, 5) is 8.10. The van der Waals surface area contributed by atoms with Crippen LogP contribution in [0.25, 0.3) is 0 Å². The van der Waals surface area contributed by atoms with Gasteiger partial charge in [0.05, 0.1) is 7.11 Å². The van der Waals surface area contributed by atoms with Crippen LogP contribution in [0.5, 0.6) is 5.88 Å². The summed E-state index contributed by atoms with van der Waals surface area (Å²) in [6.07, 6.45) is 6.10. The second-order valence-electron chi connectivity index (χ2n) is 3.52. The van der Waals surface area contributed by atoms with Gasteiger partial charge in [-0.15, -0.1) is 6.58 Å². The van der Waals surface area contributed by atoms with Crippen molar-refractivity contribution >= 4 is 0 Å². The molecular formula is C11H16N2O2. The topological polar surface area (TPSA) is 55.2 Å². The van der Waals surface area contributed by atoms with Gasteiger partial charge in [-0.3, -0.25) is 4.98 Å². The van der Waals surface area contributed by atoms with Gasteiger partial charge in [-0.05, 0) is 19.8 Å². The summed E-state index contributed by atoms with van der Waals surface area (Å²) in [6, 6.07) is 0. The third-order valence-electron chi connectivity index (χ3n) is 2.20. The van der Waals surface area contributed by atoms with Gasteiger partial charge in [-0.2, -0.15) is 0 Å².